The first-order valence-corrected chi connectivity index (χ1v) is 9.75. The van der Waals surface area contributed by atoms with Gasteiger partial charge >= 0.3 is 0 Å². The second-order valence-corrected chi connectivity index (χ2v) is 7.35. The normalized spacial score (nSPS) is 23.7. The first kappa shape index (κ1) is 18.3. The number of aromatic nitrogens is 2. The van der Waals surface area contributed by atoms with Crippen LogP contribution in [0.25, 0.3) is 0 Å². The Morgan fingerprint density at radius 2 is 1.93 bits per heavy atom. The van der Waals surface area contributed by atoms with Gasteiger partial charge in [-0.3, -0.25) is 10.3 Å². The molecule has 4 rings (SSSR count). The largest absolute Gasteiger partial charge is 0.338 e. The van der Waals surface area contributed by atoms with Gasteiger partial charge in [-0.25, -0.2) is 19.8 Å². The number of rotatable bonds is 5. The number of halogens is 1. The van der Waals surface area contributed by atoms with Gasteiger partial charge < -0.3 is 4.90 Å². The summed E-state index contributed by atoms with van der Waals surface area (Å²) in [6.07, 6.45) is 4.81. The molecule has 27 heavy (non-hydrogen) atoms. The maximum Gasteiger partial charge on any atom is 0.225 e. The fourth-order valence-corrected chi connectivity index (χ4v) is 3.92. The van der Waals surface area contributed by atoms with Gasteiger partial charge in [0.25, 0.3) is 0 Å². The summed E-state index contributed by atoms with van der Waals surface area (Å²) in [4.78, 5) is 13.7. The molecule has 0 aliphatic carbocycles. The fourth-order valence-electron chi connectivity index (χ4n) is 3.92. The molecule has 2 atom stereocenters. The number of aryl methyl sites for hydroxylation is 1. The molecule has 2 unspecified atom stereocenters. The molecule has 0 radical (unpaired) electrons. The van der Waals surface area contributed by atoms with Crippen molar-refractivity contribution in [3.8, 4) is 0 Å². The van der Waals surface area contributed by atoms with Crippen LogP contribution in [0, 0.1) is 11.7 Å². The van der Waals surface area contributed by atoms with Gasteiger partial charge in [0.2, 0.25) is 5.95 Å². The SMILES string of the molecule is CCc1cnc(N2CCN(CC3CNNC3c3cccc(F)c3)CC2)nc1. The number of hydrogen-bond donors (Lipinski definition) is 2. The molecular formula is C20H27FN6. The van der Waals surface area contributed by atoms with Gasteiger partial charge in [-0.1, -0.05) is 19.1 Å². The first-order valence-electron chi connectivity index (χ1n) is 9.75. The third-order valence-electron chi connectivity index (χ3n) is 5.55. The molecule has 3 heterocycles. The summed E-state index contributed by atoms with van der Waals surface area (Å²) < 4.78 is 13.6. The van der Waals surface area contributed by atoms with Crippen molar-refractivity contribution < 1.29 is 4.39 Å². The minimum absolute atomic E-state index is 0.142. The maximum atomic E-state index is 13.6. The summed E-state index contributed by atoms with van der Waals surface area (Å²) >= 11 is 0. The van der Waals surface area contributed by atoms with Crippen LogP contribution < -0.4 is 15.8 Å². The van der Waals surface area contributed by atoms with Crippen LogP contribution in [0.1, 0.15) is 24.1 Å². The van der Waals surface area contributed by atoms with E-state index in [1.54, 1.807) is 12.1 Å². The second-order valence-electron chi connectivity index (χ2n) is 7.35. The van der Waals surface area contributed by atoms with Crippen molar-refractivity contribution in [2.24, 2.45) is 5.92 Å². The minimum Gasteiger partial charge on any atom is -0.338 e. The van der Waals surface area contributed by atoms with E-state index in [0.717, 1.165) is 57.2 Å². The number of hydrogen-bond acceptors (Lipinski definition) is 6. The van der Waals surface area contributed by atoms with E-state index in [1.165, 1.54) is 11.6 Å². The summed E-state index contributed by atoms with van der Waals surface area (Å²) in [5.41, 5.74) is 8.73. The molecule has 0 amide bonds. The lowest BCUT2D eigenvalue weighted by molar-refractivity contribution is 0.213. The van der Waals surface area contributed by atoms with Gasteiger partial charge in [-0.05, 0) is 29.7 Å². The topological polar surface area (TPSA) is 56.3 Å². The molecule has 6 nitrogen and oxygen atoms in total. The molecule has 2 aliphatic heterocycles. The van der Waals surface area contributed by atoms with Crippen LogP contribution in [0.3, 0.4) is 0 Å². The third-order valence-corrected chi connectivity index (χ3v) is 5.55. The summed E-state index contributed by atoms with van der Waals surface area (Å²) in [5.74, 6) is 1.06. The maximum absolute atomic E-state index is 13.6. The quantitative estimate of drug-likeness (QED) is 0.837. The highest BCUT2D eigenvalue weighted by molar-refractivity contribution is 5.30. The number of hydrazine groups is 1. The molecule has 2 aliphatic rings. The average Bonchev–Trinajstić information content (AvgIpc) is 3.17. The van der Waals surface area contributed by atoms with Crippen LogP contribution >= 0.6 is 0 Å². The zero-order valence-electron chi connectivity index (χ0n) is 15.7. The molecule has 2 N–H and O–H groups in total. The van der Waals surface area contributed by atoms with Gasteiger partial charge in [0.1, 0.15) is 5.82 Å². The summed E-state index contributed by atoms with van der Waals surface area (Å²) in [6.45, 7) is 7.85. The van der Waals surface area contributed by atoms with Crippen LogP contribution in [-0.2, 0) is 6.42 Å². The highest BCUT2D eigenvalue weighted by Crippen LogP contribution is 2.26. The first-order chi connectivity index (χ1) is 13.2. The van der Waals surface area contributed by atoms with Crippen LogP contribution in [0.2, 0.25) is 0 Å². The van der Waals surface area contributed by atoms with Crippen LogP contribution in [0.4, 0.5) is 10.3 Å². The molecule has 2 aromatic rings. The number of nitrogens with one attached hydrogen (secondary N) is 2. The predicted octanol–water partition coefficient (Wildman–Crippen LogP) is 1.77. The molecule has 2 saturated heterocycles. The van der Waals surface area contributed by atoms with E-state index in [1.807, 2.05) is 18.5 Å². The molecule has 144 valence electrons. The summed E-state index contributed by atoms with van der Waals surface area (Å²) in [5, 5.41) is 0. The second kappa shape index (κ2) is 8.29. The van der Waals surface area contributed by atoms with Crippen molar-refractivity contribution in [3.63, 3.8) is 0 Å². The van der Waals surface area contributed by atoms with Crippen molar-refractivity contribution in [3.05, 3.63) is 53.6 Å². The third kappa shape index (κ3) is 4.26. The van der Waals surface area contributed by atoms with Crippen molar-refractivity contribution in [2.75, 3.05) is 44.2 Å². The van der Waals surface area contributed by atoms with Crippen LogP contribution in [0.5, 0.6) is 0 Å². The Labute approximate surface area is 159 Å². The van der Waals surface area contributed by atoms with Crippen LogP contribution in [0.15, 0.2) is 36.7 Å². The zero-order chi connectivity index (χ0) is 18.6. The summed E-state index contributed by atoms with van der Waals surface area (Å²) in [7, 11) is 0. The minimum atomic E-state index is -0.178. The fraction of sp³-hybridized carbons (Fsp3) is 0.500. The van der Waals surface area contributed by atoms with Gasteiger partial charge in [0.15, 0.2) is 0 Å². The number of piperazine rings is 1. The monoisotopic (exact) mass is 370 g/mol. The predicted molar refractivity (Wildman–Crippen MR) is 104 cm³/mol. The Balaban J connectivity index is 1.33. The van der Waals surface area contributed by atoms with Crippen molar-refractivity contribution in [2.45, 2.75) is 19.4 Å². The molecule has 1 aromatic heterocycles. The van der Waals surface area contributed by atoms with E-state index in [-0.39, 0.29) is 11.9 Å². The van der Waals surface area contributed by atoms with E-state index in [9.17, 15) is 4.39 Å². The molecule has 0 saturated carbocycles. The Kier molecular flexibility index (Phi) is 5.61. The lowest BCUT2D eigenvalue weighted by Gasteiger charge is -2.36. The molecular weight excluding hydrogens is 343 g/mol. The van der Waals surface area contributed by atoms with Crippen molar-refractivity contribution >= 4 is 5.95 Å². The molecule has 2 fully saturated rings. The smallest absolute Gasteiger partial charge is 0.225 e. The number of anilines is 1. The van der Waals surface area contributed by atoms with E-state index >= 15 is 0 Å². The molecule has 0 bridgehead atoms. The highest BCUT2D eigenvalue weighted by atomic mass is 19.1. The van der Waals surface area contributed by atoms with Crippen LogP contribution in [-0.4, -0.2) is 54.1 Å². The number of benzene rings is 1. The van der Waals surface area contributed by atoms with E-state index in [0.29, 0.717) is 5.92 Å². The Morgan fingerprint density at radius 3 is 2.63 bits per heavy atom. The Hall–Kier alpha value is -2.09. The van der Waals surface area contributed by atoms with Crippen molar-refractivity contribution in [1.29, 1.82) is 0 Å². The number of nitrogens with zero attached hydrogens (tertiary/aromatic N) is 4. The molecule has 0 spiro atoms. The highest BCUT2D eigenvalue weighted by Gasteiger charge is 2.31. The lowest BCUT2D eigenvalue weighted by atomic mass is 9.94. The average molecular weight is 370 g/mol. The molecule has 7 heteroatoms. The lowest BCUT2D eigenvalue weighted by Crippen LogP contribution is -2.49. The van der Waals surface area contributed by atoms with E-state index in [4.69, 9.17) is 0 Å². The summed E-state index contributed by atoms with van der Waals surface area (Å²) in [6, 6.07) is 7.05. The van der Waals surface area contributed by atoms with Gasteiger partial charge in [-0.15, -0.1) is 0 Å². The van der Waals surface area contributed by atoms with Gasteiger partial charge in [0.05, 0.1) is 6.04 Å². The molecule has 1 aromatic carbocycles. The standard InChI is InChI=1S/C20H27FN6/c1-2-15-11-22-20(23-12-15)27-8-6-26(7-9-27)14-17-13-24-25-19(17)16-4-3-5-18(21)10-16/h3-5,10-12,17,19,24-25H,2,6-9,13-14H2,1H3. The van der Waals surface area contributed by atoms with E-state index < -0.39 is 0 Å². The Bertz CT molecular complexity index is 744. The zero-order valence-corrected chi connectivity index (χ0v) is 15.7. The Morgan fingerprint density at radius 1 is 1.15 bits per heavy atom. The van der Waals surface area contributed by atoms with Crippen molar-refractivity contribution in [1.82, 2.24) is 25.7 Å². The van der Waals surface area contributed by atoms with Gasteiger partial charge in [0, 0.05) is 57.6 Å². The van der Waals surface area contributed by atoms with Gasteiger partial charge in [-0.2, -0.15) is 0 Å². The van der Waals surface area contributed by atoms with E-state index in [2.05, 4.69) is 37.5 Å².